The molecule has 2 amide bonds. The molecular weight excluding hydrogens is 453 g/mol. The van der Waals surface area contributed by atoms with Crippen molar-refractivity contribution in [1.29, 1.82) is 0 Å². The van der Waals surface area contributed by atoms with Gasteiger partial charge in [0.1, 0.15) is 23.6 Å². The normalized spacial score (nSPS) is 12.1. The molecule has 0 aliphatic rings. The van der Waals surface area contributed by atoms with Gasteiger partial charge in [0.25, 0.3) is 5.91 Å². The zero-order chi connectivity index (χ0) is 25.3. The highest BCUT2D eigenvalue weighted by atomic mass is 19.4. The summed E-state index contributed by atoms with van der Waals surface area (Å²) < 4.78 is 44.0. The molecule has 3 aromatic rings. The van der Waals surface area contributed by atoms with Crippen molar-refractivity contribution in [3.63, 3.8) is 0 Å². The minimum Gasteiger partial charge on any atom is -0.383 e. The molecule has 2 heterocycles. The molecule has 9 nitrogen and oxygen atoms in total. The fourth-order valence-corrected chi connectivity index (χ4v) is 3.36. The zero-order valence-electron chi connectivity index (χ0n) is 18.9. The average Bonchev–Trinajstić information content (AvgIpc) is 3.23. The minimum atomic E-state index is -4.58. The van der Waals surface area contributed by atoms with E-state index in [4.69, 9.17) is 16.0 Å². The number of halogens is 3. The number of nitrogens with zero attached hydrogens (tertiary/aromatic N) is 3. The molecule has 0 aliphatic carbocycles. The summed E-state index contributed by atoms with van der Waals surface area (Å²) in [6, 6.07) is 7.88. The largest absolute Gasteiger partial charge is 0.408 e. The molecule has 0 unspecified atom stereocenters. The predicted molar refractivity (Wildman–Crippen MR) is 119 cm³/mol. The van der Waals surface area contributed by atoms with Crippen molar-refractivity contribution in [2.45, 2.75) is 46.3 Å². The van der Waals surface area contributed by atoms with Gasteiger partial charge in [0.05, 0.1) is 12.1 Å². The van der Waals surface area contributed by atoms with Gasteiger partial charge in [-0.3, -0.25) is 14.9 Å². The number of aromatic nitrogens is 3. The van der Waals surface area contributed by atoms with Gasteiger partial charge < -0.3 is 16.0 Å². The number of carbonyl (C=O) groups excluding carboxylic acids is 2. The first-order valence-electron chi connectivity index (χ1n) is 10.3. The molecule has 0 radical (unpaired) electrons. The number of primary amides is 1. The maximum Gasteiger partial charge on any atom is 0.408 e. The van der Waals surface area contributed by atoms with Crippen molar-refractivity contribution in [3.05, 3.63) is 47.2 Å². The Bertz CT molecular complexity index is 1190. The van der Waals surface area contributed by atoms with Gasteiger partial charge in [0.2, 0.25) is 11.8 Å². The Hall–Kier alpha value is -3.83. The number of alkyl halides is 3. The van der Waals surface area contributed by atoms with Crippen molar-refractivity contribution < 1.29 is 27.3 Å². The van der Waals surface area contributed by atoms with Gasteiger partial charge in [-0.05, 0) is 17.4 Å². The molecule has 1 aromatic carbocycles. The average molecular weight is 478 g/mol. The van der Waals surface area contributed by atoms with Crippen LogP contribution in [-0.2, 0) is 24.2 Å². The predicted octanol–water partition coefficient (Wildman–Crippen LogP) is 3.55. The monoisotopic (exact) mass is 478 g/mol. The Labute approximate surface area is 193 Å². The van der Waals surface area contributed by atoms with Crippen LogP contribution in [0.25, 0.3) is 11.3 Å². The van der Waals surface area contributed by atoms with Crippen molar-refractivity contribution in [2.24, 2.45) is 11.1 Å². The van der Waals surface area contributed by atoms with Gasteiger partial charge in [-0.1, -0.05) is 50.2 Å². The fraction of sp³-hybridized carbons (Fsp3) is 0.364. The number of hydrogen-bond donors (Lipinski definition) is 3. The van der Waals surface area contributed by atoms with Crippen molar-refractivity contribution in [1.82, 2.24) is 14.9 Å². The molecule has 2 aromatic heterocycles. The Morgan fingerprint density at radius 1 is 1.15 bits per heavy atom. The summed E-state index contributed by atoms with van der Waals surface area (Å²) in [6.07, 6.45) is -3.89. The molecule has 0 bridgehead atoms. The van der Waals surface area contributed by atoms with E-state index in [2.05, 4.69) is 36.3 Å². The number of anilines is 2. The molecular formula is C22H25F3N6O3. The molecule has 0 atom stereocenters. The van der Waals surface area contributed by atoms with Crippen LogP contribution in [0.15, 0.2) is 34.9 Å². The lowest BCUT2D eigenvalue weighted by atomic mass is 9.91. The van der Waals surface area contributed by atoms with Crippen LogP contribution in [-0.4, -0.2) is 32.9 Å². The third kappa shape index (κ3) is 6.36. The quantitative estimate of drug-likeness (QED) is 0.474. The van der Waals surface area contributed by atoms with Gasteiger partial charge in [0.15, 0.2) is 0 Å². The van der Waals surface area contributed by atoms with Gasteiger partial charge in [-0.15, -0.1) is 0 Å². The highest BCUT2D eigenvalue weighted by Crippen LogP contribution is 2.29. The lowest BCUT2D eigenvalue weighted by Gasteiger charge is -2.14. The summed E-state index contributed by atoms with van der Waals surface area (Å²) in [5.74, 6) is -1.58. The second-order valence-electron chi connectivity index (χ2n) is 9.09. The number of rotatable bonds is 7. The molecule has 0 spiro atoms. The number of nitrogens with one attached hydrogen (secondary N) is 1. The molecule has 0 saturated carbocycles. The Kier molecular flexibility index (Phi) is 6.71. The lowest BCUT2D eigenvalue weighted by Crippen LogP contribution is -2.21. The molecule has 0 saturated heterocycles. The number of hydrogen-bond acceptors (Lipinski definition) is 6. The summed E-state index contributed by atoms with van der Waals surface area (Å²) >= 11 is 0. The molecule has 0 aliphatic heterocycles. The van der Waals surface area contributed by atoms with E-state index in [0.717, 1.165) is 5.69 Å². The Morgan fingerprint density at radius 2 is 1.79 bits per heavy atom. The van der Waals surface area contributed by atoms with Crippen LogP contribution in [0, 0.1) is 5.41 Å². The van der Waals surface area contributed by atoms with Crippen molar-refractivity contribution in [2.75, 3.05) is 11.1 Å². The number of nitrogen functional groups attached to an aromatic ring is 1. The maximum absolute atomic E-state index is 12.8. The van der Waals surface area contributed by atoms with Gasteiger partial charge in [-0.25, -0.2) is 4.68 Å². The van der Waals surface area contributed by atoms with E-state index in [9.17, 15) is 22.8 Å². The third-order valence-electron chi connectivity index (χ3n) is 4.69. The van der Waals surface area contributed by atoms with E-state index in [1.807, 2.05) is 0 Å². The standard InChI is InChI=1S/C22H25F3N6O3/c1-21(2,3)10-14-9-16(34-30-14)28-15(32)8-12-4-6-13(7-5-12)18-17(20(27)33)19(26)31(29-18)11-22(23,24)25/h4-7,9H,8,10-11,26H2,1-3H3,(H2,27,33)(H,28,32). The second kappa shape index (κ2) is 9.20. The minimum absolute atomic E-state index is 0.00289. The molecule has 182 valence electrons. The smallest absolute Gasteiger partial charge is 0.383 e. The Morgan fingerprint density at radius 3 is 2.35 bits per heavy atom. The second-order valence-corrected chi connectivity index (χ2v) is 9.09. The van der Waals surface area contributed by atoms with Crippen LogP contribution in [0.2, 0.25) is 0 Å². The highest BCUT2D eigenvalue weighted by molar-refractivity contribution is 6.03. The van der Waals surface area contributed by atoms with Gasteiger partial charge in [0, 0.05) is 11.6 Å². The first-order chi connectivity index (χ1) is 15.7. The first-order valence-corrected chi connectivity index (χ1v) is 10.3. The number of carbonyl (C=O) groups is 2. The van der Waals surface area contributed by atoms with Crippen LogP contribution in [0.5, 0.6) is 0 Å². The van der Waals surface area contributed by atoms with Crippen LogP contribution in [0.4, 0.5) is 24.9 Å². The zero-order valence-corrected chi connectivity index (χ0v) is 18.9. The van der Waals surface area contributed by atoms with Crippen LogP contribution in [0.3, 0.4) is 0 Å². The Balaban J connectivity index is 1.72. The van der Waals surface area contributed by atoms with E-state index in [1.165, 1.54) is 12.1 Å². The first kappa shape index (κ1) is 24.8. The highest BCUT2D eigenvalue weighted by Gasteiger charge is 2.32. The summed E-state index contributed by atoms with van der Waals surface area (Å²) in [6.45, 7) is 4.72. The molecule has 5 N–H and O–H groups in total. The molecule has 34 heavy (non-hydrogen) atoms. The van der Waals surface area contributed by atoms with Crippen molar-refractivity contribution >= 4 is 23.5 Å². The number of nitrogens with two attached hydrogens (primary N) is 2. The van der Waals surface area contributed by atoms with E-state index < -0.39 is 24.4 Å². The summed E-state index contributed by atoms with van der Waals surface area (Å²) in [5.41, 5.74) is 12.3. The topological polar surface area (TPSA) is 142 Å². The van der Waals surface area contributed by atoms with Gasteiger partial charge >= 0.3 is 6.18 Å². The summed E-state index contributed by atoms with van der Waals surface area (Å²) in [7, 11) is 0. The fourth-order valence-electron chi connectivity index (χ4n) is 3.36. The lowest BCUT2D eigenvalue weighted by molar-refractivity contribution is -0.142. The van der Waals surface area contributed by atoms with E-state index >= 15 is 0 Å². The van der Waals surface area contributed by atoms with Crippen molar-refractivity contribution in [3.8, 4) is 11.3 Å². The van der Waals surface area contributed by atoms with E-state index in [0.29, 0.717) is 22.2 Å². The number of benzene rings is 1. The molecule has 12 heteroatoms. The summed E-state index contributed by atoms with van der Waals surface area (Å²) in [5, 5.41) is 10.4. The molecule has 0 fully saturated rings. The maximum atomic E-state index is 12.8. The van der Waals surface area contributed by atoms with Crippen LogP contribution in [0.1, 0.15) is 42.4 Å². The third-order valence-corrected chi connectivity index (χ3v) is 4.69. The summed E-state index contributed by atoms with van der Waals surface area (Å²) in [4.78, 5) is 24.2. The van der Waals surface area contributed by atoms with Crippen LogP contribution < -0.4 is 16.8 Å². The van der Waals surface area contributed by atoms with Crippen LogP contribution >= 0.6 is 0 Å². The SMILES string of the molecule is CC(C)(C)Cc1cc(NC(=O)Cc2ccc(-c3nn(CC(F)(F)F)c(N)c3C(N)=O)cc2)on1. The van der Waals surface area contributed by atoms with E-state index in [-0.39, 0.29) is 34.9 Å². The van der Waals surface area contributed by atoms with E-state index in [1.54, 1.807) is 18.2 Å². The van der Waals surface area contributed by atoms with Gasteiger partial charge in [-0.2, -0.15) is 18.3 Å². The molecule has 3 rings (SSSR count). The number of amides is 2.